The predicted octanol–water partition coefficient (Wildman–Crippen LogP) is 13.3. The van der Waals surface area contributed by atoms with Gasteiger partial charge in [-0.15, -0.1) is 45.3 Å². The van der Waals surface area contributed by atoms with Crippen molar-refractivity contribution in [3.05, 3.63) is 193 Å². The fourth-order valence-corrected chi connectivity index (χ4v) is 5.03. The first-order valence-corrected chi connectivity index (χ1v) is 21.6. The number of aryl methyl sites for hydroxylation is 10. The van der Waals surface area contributed by atoms with Gasteiger partial charge in [-0.25, -0.2) is 15.0 Å². The average Bonchev–Trinajstić information content (AvgIpc) is 4.06. The Kier molecular flexibility index (Phi) is 30.3. The van der Waals surface area contributed by atoms with Crippen LogP contribution in [0.5, 0.6) is 0 Å². The molecule has 0 saturated carbocycles. The Morgan fingerprint density at radius 2 is 1.40 bits per heavy atom. The number of hydrogen-bond donors (Lipinski definition) is 1. The summed E-state index contributed by atoms with van der Waals surface area (Å²) in [6, 6.07) is 13.8. The highest BCUT2D eigenvalue weighted by Crippen LogP contribution is 2.04. The monoisotopic (exact) mass is 890 g/mol. The molecule has 0 saturated heterocycles. The molecule has 0 bridgehead atoms. The van der Waals surface area contributed by atoms with Crippen molar-refractivity contribution in [2.75, 3.05) is 0 Å². The number of thiazole rings is 3. The first-order valence-electron chi connectivity index (χ1n) is 18.0. The van der Waals surface area contributed by atoms with Gasteiger partial charge in [-0.1, -0.05) is 11.2 Å². The van der Waals surface area contributed by atoms with E-state index in [-0.39, 0.29) is 0 Å². The lowest BCUT2D eigenvalue weighted by Crippen LogP contribution is -1.59. The normalized spacial score (nSPS) is 8.83. The summed E-state index contributed by atoms with van der Waals surface area (Å²) < 4.78 is 23.3. The molecule has 0 aliphatic rings. The second kappa shape index (κ2) is 35.0. The van der Waals surface area contributed by atoms with Crippen molar-refractivity contribution in [2.24, 2.45) is 0 Å². The Hall–Kier alpha value is -6.01. The molecule has 10 rings (SSSR count). The minimum atomic E-state index is 0.718. The summed E-state index contributed by atoms with van der Waals surface area (Å²) in [6.07, 6.45) is 18.0. The number of nitrogens with zero attached hydrogens (tertiary/aromatic N) is 7. The summed E-state index contributed by atoms with van der Waals surface area (Å²) in [6.45, 7) is 19.5. The molecule has 0 atom stereocenters. The van der Waals surface area contributed by atoms with Gasteiger partial charge in [0.1, 0.15) is 30.3 Å². The Morgan fingerprint density at radius 3 is 1.57 bits per heavy atom. The van der Waals surface area contributed by atoms with Crippen LogP contribution in [-0.4, -0.2) is 40.0 Å². The van der Waals surface area contributed by atoms with Crippen LogP contribution in [0.25, 0.3) is 0 Å². The van der Waals surface area contributed by atoms with Crippen molar-refractivity contribution in [1.82, 2.24) is 40.0 Å². The summed E-state index contributed by atoms with van der Waals surface area (Å²) in [5, 5.41) is 10.7. The van der Waals surface area contributed by atoms with Crippen molar-refractivity contribution >= 4 is 45.3 Å². The van der Waals surface area contributed by atoms with Gasteiger partial charge in [0.25, 0.3) is 0 Å². The van der Waals surface area contributed by atoms with Gasteiger partial charge in [0, 0.05) is 63.5 Å². The average molecular weight is 891 g/mol. The topological polar surface area (TPSA) is 172 Å². The van der Waals surface area contributed by atoms with E-state index >= 15 is 0 Å². The van der Waals surface area contributed by atoms with Crippen LogP contribution in [0, 0.1) is 69.2 Å². The zero-order valence-electron chi connectivity index (χ0n) is 35.6. The minimum absolute atomic E-state index is 0.718. The van der Waals surface area contributed by atoms with Crippen molar-refractivity contribution in [2.45, 2.75) is 69.2 Å². The lowest BCUT2D eigenvalue weighted by molar-refractivity contribution is 0.415. The van der Waals surface area contributed by atoms with Crippen LogP contribution in [-0.2, 0) is 0 Å². The Balaban J connectivity index is 0.000000333. The zero-order chi connectivity index (χ0) is 44.1. The van der Waals surface area contributed by atoms with E-state index in [9.17, 15) is 0 Å². The van der Waals surface area contributed by atoms with Crippen molar-refractivity contribution < 1.29 is 22.2 Å². The number of H-pyrrole nitrogens is 1. The van der Waals surface area contributed by atoms with E-state index in [4.69, 9.17) is 13.3 Å². The van der Waals surface area contributed by atoms with Gasteiger partial charge in [0.15, 0.2) is 18.7 Å². The van der Waals surface area contributed by atoms with E-state index in [1.54, 1.807) is 102 Å². The zero-order valence-corrected chi connectivity index (χ0v) is 38.8. The summed E-state index contributed by atoms with van der Waals surface area (Å²) in [7, 11) is 0. The molecule has 0 fully saturated rings. The molecule has 13 nitrogen and oxygen atoms in total. The van der Waals surface area contributed by atoms with Gasteiger partial charge >= 0.3 is 0 Å². The highest BCUT2D eigenvalue weighted by molar-refractivity contribution is 7.10. The first-order chi connectivity index (χ1) is 28.9. The van der Waals surface area contributed by atoms with Crippen molar-refractivity contribution in [1.29, 1.82) is 0 Å². The molecular formula is C43H54N8O5S4. The maximum atomic E-state index is 4.83. The highest BCUT2D eigenvalue weighted by atomic mass is 32.1. The van der Waals surface area contributed by atoms with Crippen LogP contribution in [0.2, 0.25) is 0 Å². The van der Waals surface area contributed by atoms with E-state index in [0.717, 1.165) is 39.5 Å². The maximum absolute atomic E-state index is 4.83. The molecule has 320 valence electrons. The van der Waals surface area contributed by atoms with E-state index in [2.05, 4.69) is 73.4 Å². The molecule has 10 aromatic heterocycles. The molecule has 0 amide bonds. The summed E-state index contributed by atoms with van der Waals surface area (Å²) >= 11 is 6.74. The summed E-state index contributed by atoms with van der Waals surface area (Å²) in [5.41, 5.74) is 7.84. The van der Waals surface area contributed by atoms with E-state index < -0.39 is 0 Å². The Morgan fingerprint density at radius 1 is 0.567 bits per heavy atom. The molecule has 0 aliphatic carbocycles. The number of aromatic amines is 1. The lowest BCUT2D eigenvalue weighted by atomic mass is 10.5. The third kappa shape index (κ3) is 33.0. The van der Waals surface area contributed by atoms with E-state index in [1.165, 1.54) is 28.2 Å². The lowest BCUT2D eigenvalue weighted by Gasteiger charge is -1.70. The maximum Gasteiger partial charge on any atom is 0.190 e. The smallest absolute Gasteiger partial charge is 0.190 e. The number of furan rings is 1. The Bertz CT molecular complexity index is 1650. The van der Waals surface area contributed by atoms with Crippen LogP contribution >= 0.6 is 45.3 Å². The van der Waals surface area contributed by atoms with E-state index in [0.29, 0.717) is 0 Å². The molecule has 0 unspecified atom stereocenters. The second-order valence-electron chi connectivity index (χ2n) is 11.5. The summed E-state index contributed by atoms with van der Waals surface area (Å²) in [4.78, 5) is 28.5. The Labute approximate surface area is 368 Å². The van der Waals surface area contributed by atoms with Crippen LogP contribution in [0.1, 0.15) is 54.9 Å². The van der Waals surface area contributed by atoms with Crippen LogP contribution in [0.3, 0.4) is 0 Å². The van der Waals surface area contributed by atoms with Gasteiger partial charge in [-0.3, -0.25) is 15.0 Å². The van der Waals surface area contributed by atoms with Gasteiger partial charge in [-0.2, -0.15) is 0 Å². The number of aromatic nitrogens is 8. The largest absolute Gasteiger partial charge is 0.470 e. The van der Waals surface area contributed by atoms with Gasteiger partial charge < -0.3 is 27.2 Å². The van der Waals surface area contributed by atoms with Gasteiger partial charge in [-0.05, 0) is 98.0 Å². The molecule has 10 heterocycles. The molecular weight excluding hydrogens is 837 g/mol. The fourth-order valence-electron chi connectivity index (χ4n) is 3.11. The second-order valence-corrected chi connectivity index (χ2v) is 15.6. The molecule has 60 heavy (non-hydrogen) atoms. The van der Waals surface area contributed by atoms with Crippen molar-refractivity contribution in [3.8, 4) is 0 Å². The van der Waals surface area contributed by atoms with Crippen LogP contribution in [0.15, 0.2) is 161 Å². The number of thiophene rings is 1. The standard InChI is InChI=1S/C5H7N.C5H6O.C5H6S.4C4H5NO.3C4H5NS/c3*1-5-3-2-4-6-5;1-4-2-6-3-5-4;1-4-2-5-3-6-4;1-4-5-2-3-6-4;1-4-2-3-6-5-4;1-4-2-6-3-5-4;1-4-2-5-3-6-4;1-4-5-2-3-6-4/h2-4,6H,1H3;2*2-4H,1H3;7*2-3H,1H3. The molecule has 0 aliphatic heterocycles. The van der Waals surface area contributed by atoms with Crippen molar-refractivity contribution in [3.63, 3.8) is 0 Å². The number of rotatable bonds is 0. The molecule has 1 N–H and O–H groups in total. The highest BCUT2D eigenvalue weighted by Gasteiger charge is 1.81. The van der Waals surface area contributed by atoms with E-state index in [1.807, 2.05) is 114 Å². The predicted molar refractivity (Wildman–Crippen MR) is 244 cm³/mol. The first kappa shape index (κ1) is 52.0. The van der Waals surface area contributed by atoms with Crippen LogP contribution < -0.4 is 0 Å². The van der Waals surface area contributed by atoms with Crippen LogP contribution in [0.4, 0.5) is 0 Å². The summed E-state index contributed by atoms with van der Waals surface area (Å²) in [5.74, 6) is 2.54. The molecule has 0 radical (unpaired) electrons. The third-order valence-corrected chi connectivity index (χ3v) is 8.90. The number of nitrogens with one attached hydrogen (secondary N) is 1. The third-order valence-electron chi connectivity index (χ3n) is 5.98. The minimum Gasteiger partial charge on any atom is -0.470 e. The molecule has 10 aromatic rings. The number of hydrogen-bond acceptors (Lipinski definition) is 16. The SMILES string of the molecule is Cc1ccc[nH]1.Cc1ccco1.Cc1cccs1.Cc1ccon1.Cc1cnco1.Cc1cncs1.Cc1cocn1.Cc1cscn1.Cc1ncco1.Cc1nccs1. The fraction of sp³-hybridized carbons (Fsp3) is 0.233. The molecule has 17 heteroatoms. The van der Waals surface area contributed by atoms with Gasteiger partial charge in [0.05, 0.1) is 46.1 Å². The quantitative estimate of drug-likeness (QED) is 0.153. The molecule has 0 aromatic carbocycles. The molecule has 0 spiro atoms. The van der Waals surface area contributed by atoms with Gasteiger partial charge in [0.2, 0.25) is 0 Å². The number of oxazole rings is 3.